The summed E-state index contributed by atoms with van der Waals surface area (Å²) in [6.07, 6.45) is 1.34. The van der Waals surface area contributed by atoms with Crippen LogP contribution >= 0.6 is 11.3 Å². The van der Waals surface area contributed by atoms with Gasteiger partial charge in [0, 0.05) is 19.2 Å². The lowest BCUT2D eigenvalue weighted by molar-refractivity contribution is -0.121. The number of nitrogens with zero attached hydrogens (tertiary/aromatic N) is 1. The third-order valence-corrected chi connectivity index (χ3v) is 4.86. The normalized spacial score (nSPS) is 17.6. The Kier molecular flexibility index (Phi) is 4.89. The predicted octanol–water partition coefficient (Wildman–Crippen LogP) is 3.52. The van der Waals surface area contributed by atoms with Gasteiger partial charge < -0.3 is 10.2 Å². The average Bonchev–Trinajstić information content (AvgIpc) is 3.11. The van der Waals surface area contributed by atoms with Gasteiger partial charge >= 0.3 is 0 Å². The second-order valence-corrected chi connectivity index (χ2v) is 6.63. The molecule has 1 atom stereocenters. The monoisotopic (exact) mass is 350 g/mol. The van der Waals surface area contributed by atoms with E-state index in [9.17, 15) is 18.4 Å². The highest BCUT2D eigenvalue weighted by molar-refractivity contribution is 7.12. The van der Waals surface area contributed by atoms with Crippen LogP contribution in [0.25, 0.3) is 0 Å². The molecule has 2 amide bonds. The third kappa shape index (κ3) is 3.62. The van der Waals surface area contributed by atoms with E-state index in [1.807, 2.05) is 11.4 Å². The number of nitrogens with one attached hydrogen (secondary N) is 1. The molecule has 2 aromatic rings. The van der Waals surface area contributed by atoms with Crippen molar-refractivity contribution in [3.05, 3.63) is 52.2 Å². The maximum Gasteiger partial charge on any atom is 0.263 e. The fraction of sp³-hybridized carbons (Fsp3) is 0.294. The van der Waals surface area contributed by atoms with Gasteiger partial charge in [-0.25, -0.2) is 8.78 Å². The number of anilines is 1. The summed E-state index contributed by atoms with van der Waals surface area (Å²) in [5.41, 5.74) is -0.0527. The summed E-state index contributed by atoms with van der Waals surface area (Å²) in [7, 11) is 0. The first-order valence-corrected chi connectivity index (χ1v) is 8.51. The molecule has 0 radical (unpaired) electrons. The zero-order valence-electron chi connectivity index (χ0n) is 12.8. The number of piperidine rings is 1. The van der Waals surface area contributed by atoms with Gasteiger partial charge in [0.15, 0.2) is 0 Å². The summed E-state index contributed by atoms with van der Waals surface area (Å²) in [5.74, 6) is -2.37. The molecule has 0 spiro atoms. The smallest absolute Gasteiger partial charge is 0.263 e. The van der Waals surface area contributed by atoms with Crippen LogP contribution in [-0.2, 0) is 4.79 Å². The number of hydrogen-bond acceptors (Lipinski definition) is 3. The Balaban J connectivity index is 1.65. The zero-order valence-corrected chi connectivity index (χ0v) is 13.6. The summed E-state index contributed by atoms with van der Waals surface area (Å²) in [4.78, 5) is 27.0. The van der Waals surface area contributed by atoms with Crippen LogP contribution in [0.2, 0.25) is 0 Å². The van der Waals surface area contributed by atoms with Crippen molar-refractivity contribution in [2.75, 3.05) is 18.4 Å². The van der Waals surface area contributed by atoms with Crippen molar-refractivity contribution in [2.45, 2.75) is 12.8 Å². The van der Waals surface area contributed by atoms with Crippen molar-refractivity contribution >= 4 is 28.8 Å². The molecule has 0 bridgehead atoms. The highest BCUT2D eigenvalue weighted by Crippen LogP contribution is 2.23. The maximum absolute atomic E-state index is 13.7. The summed E-state index contributed by atoms with van der Waals surface area (Å²) >= 11 is 1.36. The van der Waals surface area contributed by atoms with Crippen LogP contribution in [0.5, 0.6) is 0 Å². The Morgan fingerprint density at radius 3 is 2.79 bits per heavy atom. The van der Waals surface area contributed by atoms with Crippen LogP contribution in [0.1, 0.15) is 22.5 Å². The second-order valence-electron chi connectivity index (χ2n) is 5.68. The molecule has 1 N–H and O–H groups in total. The molecule has 1 saturated heterocycles. The Morgan fingerprint density at radius 1 is 1.25 bits per heavy atom. The first-order chi connectivity index (χ1) is 11.5. The molecule has 1 fully saturated rings. The second kappa shape index (κ2) is 7.09. The fourth-order valence-corrected chi connectivity index (χ4v) is 3.45. The van der Waals surface area contributed by atoms with Gasteiger partial charge in [0.05, 0.1) is 16.5 Å². The van der Waals surface area contributed by atoms with Gasteiger partial charge in [-0.15, -0.1) is 11.3 Å². The van der Waals surface area contributed by atoms with E-state index in [-0.39, 0.29) is 17.5 Å². The van der Waals surface area contributed by atoms with E-state index in [1.165, 1.54) is 17.4 Å². The molecule has 1 aliphatic rings. The molecule has 0 saturated carbocycles. The molecule has 3 rings (SSSR count). The molecule has 1 aromatic carbocycles. The van der Waals surface area contributed by atoms with Crippen molar-refractivity contribution in [2.24, 2.45) is 5.92 Å². The Bertz CT molecular complexity index is 749. The van der Waals surface area contributed by atoms with Crippen LogP contribution in [0.4, 0.5) is 14.5 Å². The van der Waals surface area contributed by atoms with E-state index in [0.717, 1.165) is 12.1 Å². The van der Waals surface area contributed by atoms with E-state index in [4.69, 9.17) is 0 Å². The van der Waals surface area contributed by atoms with Crippen molar-refractivity contribution in [1.29, 1.82) is 0 Å². The quantitative estimate of drug-likeness (QED) is 0.921. The molecule has 1 unspecified atom stereocenters. The largest absolute Gasteiger partial charge is 0.337 e. The molecule has 126 valence electrons. The van der Waals surface area contributed by atoms with Crippen LogP contribution in [0.15, 0.2) is 35.7 Å². The molecule has 1 aliphatic heterocycles. The molecule has 1 aromatic heterocycles. The van der Waals surface area contributed by atoms with Gasteiger partial charge in [-0.2, -0.15) is 0 Å². The van der Waals surface area contributed by atoms with Crippen LogP contribution in [0.3, 0.4) is 0 Å². The molecule has 7 heteroatoms. The number of rotatable bonds is 3. The number of carbonyl (C=O) groups is 2. The van der Waals surface area contributed by atoms with E-state index >= 15 is 0 Å². The van der Waals surface area contributed by atoms with Gasteiger partial charge in [-0.05, 0) is 36.4 Å². The van der Waals surface area contributed by atoms with Crippen LogP contribution in [0, 0.1) is 17.6 Å². The van der Waals surface area contributed by atoms with Crippen molar-refractivity contribution in [1.82, 2.24) is 4.90 Å². The summed E-state index contributed by atoms with van der Waals surface area (Å²) < 4.78 is 26.6. The molecule has 2 heterocycles. The molecule has 24 heavy (non-hydrogen) atoms. The summed E-state index contributed by atoms with van der Waals surface area (Å²) in [6, 6.07) is 6.57. The minimum absolute atomic E-state index is 0.0527. The highest BCUT2D eigenvalue weighted by atomic mass is 32.1. The number of benzene rings is 1. The molecule has 0 aliphatic carbocycles. The van der Waals surface area contributed by atoms with Crippen LogP contribution in [-0.4, -0.2) is 29.8 Å². The molecular formula is C17H16F2N2O2S. The van der Waals surface area contributed by atoms with Gasteiger partial charge in [0.2, 0.25) is 5.91 Å². The standard InChI is InChI=1S/C17H16F2N2O2S/c18-12-5-6-14(13(19)9-12)20-16(22)11-3-1-7-21(10-11)17(23)15-4-2-8-24-15/h2,4-6,8-9,11H,1,3,7,10H2,(H,20,22). The van der Waals surface area contributed by atoms with Crippen LogP contribution < -0.4 is 5.32 Å². The van der Waals surface area contributed by atoms with Crippen molar-refractivity contribution in [3.8, 4) is 0 Å². The van der Waals surface area contributed by atoms with Gasteiger partial charge in [-0.3, -0.25) is 9.59 Å². The van der Waals surface area contributed by atoms with E-state index in [1.54, 1.807) is 11.0 Å². The Labute approximate surface area is 142 Å². The van der Waals surface area contributed by atoms with Gasteiger partial charge in [0.25, 0.3) is 5.91 Å². The minimum atomic E-state index is -0.814. The average molecular weight is 350 g/mol. The maximum atomic E-state index is 13.7. The summed E-state index contributed by atoms with van der Waals surface area (Å²) in [6.45, 7) is 0.900. The first kappa shape index (κ1) is 16.6. The lowest BCUT2D eigenvalue weighted by Crippen LogP contribution is -2.43. The highest BCUT2D eigenvalue weighted by Gasteiger charge is 2.29. The number of halogens is 2. The Hall–Kier alpha value is -2.28. The van der Waals surface area contributed by atoms with Gasteiger partial charge in [0.1, 0.15) is 11.6 Å². The first-order valence-electron chi connectivity index (χ1n) is 7.63. The lowest BCUT2D eigenvalue weighted by atomic mass is 9.97. The lowest BCUT2D eigenvalue weighted by Gasteiger charge is -2.31. The van der Waals surface area contributed by atoms with E-state index < -0.39 is 17.6 Å². The van der Waals surface area contributed by atoms with E-state index in [2.05, 4.69) is 5.32 Å². The minimum Gasteiger partial charge on any atom is -0.337 e. The van der Waals surface area contributed by atoms with E-state index in [0.29, 0.717) is 30.8 Å². The predicted molar refractivity (Wildman–Crippen MR) is 87.9 cm³/mol. The number of likely N-dealkylation sites (tertiary alicyclic amines) is 1. The number of amides is 2. The SMILES string of the molecule is O=C(Nc1ccc(F)cc1F)C1CCCN(C(=O)c2cccs2)C1. The third-order valence-electron chi connectivity index (χ3n) is 4.00. The number of hydrogen-bond donors (Lipinski definition) is 1. The zero-order chi connectivity index (χ0) is 17.1. The summed E-state index contributed by atoms with van der Waals surface area (Å²) in [5, 5.41) is 4.32. The molecular weight excluding hydrogens is 334 g/mol. The number of thiophene rings is 1. The van der Waals surface area contributed by atoms with Crippen molar-refractivity contribution < 1.29 is 18.4 Å². The molecule has 4 nitrogen and oxygen atoms in total. The van der Waals surface area contributed by atoms with Crippen molar-refractivity contribution in [3.63, 3.8) is 0 Å². The Morgan fingerprint density at radius 2 is 2.08 bits per heavy atom. The topological polar surface area (TPSA) is 49.4 Å². The fourth-order valence-electron chi connectivity index (χ4n) is 2.76. The van der Waals surface area contributed by atoms with Gasteiger partial charge in [-0.1, -0.05) is 6.07 Å². The number of carbonyl (C=O) groups excluding carboxylic acids is 2.